The lowest BCUT2D eigenvalue weighted by Gasteiger charge is -2.23. The lowest BCUT2D eigenvalue weighted by Crippen LogP contribution is -2.33. The van der Waals surface area contributed by atoms with Gasteiger partial charge in [0.15, 0.2) is 0 Å². The summed E-state index contributed by atoms with van der Waals surface area (Å²) in [5.41, 5.74) is 0.196. The highest BCUT2D eigenvalue weighted by Gasteiger charge is 2.18. The molecule has 0 bridgehead atoms. The molecule has 0 spiro atoms. The second-order valence-corrected chi connectivity index (χ2v) is 6.06. The number of halogens is 1. The highest BCUT2D eigenvalue weighted by atomic mass is 35.5. The second kappa shape index (κ2) is 7.17. The van der Waals surface area contributed by atoms with E-state index in [0.717, 1.165) is 0 Å². The standard InChI is InChI=1S/C12H20ClN3O2S/c1-7(2)16-12(18)11(13)9(5-14-16)15-8(3)10(6-17)19-4/h5,7-8,10,15,17H,6H2,1-4H3. The quantitative estimate of drug-likeness (QED) is 0.841. The molecular formula is C12H20ClN3O2S. The molecule has 0 aliphatic heterocycles. The fourth-order valence-corrected chi connectivity index (χ4v) is 2.50. The smallest absolute Gasteiger partial charge is 0.287 e. The summed E-state index contributed by atoms with van der Waals surface area (Å²) in [6.45, 7) is 5.73. The van der Waals surface area contributed by atoms with Gasteiger partial charge in [-0.1, -0.05) is 11.6 Å². The van der Waals surface area contributed by atoms with Gasteiger partial charge in [-0.3, -0.25) is 4.79 Å². The van der Waals surface area contributed by atoms with Crippen LogP contribution in [0, 0.1) is 0 Å². The Balaban J connectivity index is 2.98. The van der Waals surface area contributed by atoms with Gasteiger partial charge in [-0.15, -0.1) is 0 Å². The van der Waals surface area contributed by atoms with Gasteiger partial charge in [-0.2, -0.15) is 16.9 Å². The second-order valence-electron chi connectivity index (χ2n) is 4.61. The van der Waals surface area contributed by atoms with Crippen LogP contribution >= 0.6 is 23.4 Å². The highest BCUT2D eigenvalue weighted by molar-refractivity contribution is 7.99. The summed E-state index contributed by atoms with van der Waals surface area (Å²) in [4.78, 5) is 12.0. The molecule has 0 amide bonds. The zero-order chi connectivity index (χ0) is 14.6. The lowest BCUT2D eigenvalue weighted by molar-refractivity contribution is 0.288. The van der Waals surface area contributed by atoms with Gasteiger partial charge in [0, 0.05) is 11.3 Å². The zero-order valence-electron chi connectivity index (χ0n) is 11.6. The van der Waals surface area contributed by atoms with Crippen LogP contribution in [0.5, 0.6) is 0 Å². The summed E-state index contributed by atoms with van der Waals surface area (Å²) in [5, 5.41) is 16.6. The van der Waals surface area contributed by atoms with E-state index in [1.54, 1.807) is 18.0 Å². The Morgan fingerprint density at radius 2 is 2.16 bits per heavy atom. The maximum Gasteiger partial charge on any atom is 0.287 e. The van der Waals surface area contributed by atoms with Crippen molar-refractivity contribution in [1.82, 2.24) is 9.78 Å². The Labute approximate surface area is 122 Å². The van der Waals surface area contributed by atoms with Gasteiger partial charge in [-0.25, -0.2) is 4.68 Å². The van der Waals surface area contributed by atoms with E-state index in [1.165, 1.54) is 4.68 Å². The molecule has 0 saturated carbocycles. The summed E-state index contributed by atoms with van der Waals surface area (Å²) >= 11 is 7.63. The minimum Gasteiger partial charge on any atom is -0.395 e. The average Bonchev–Trinajstić information content (AvgIpc) is 2.36. The minimum atomic E-state index is -0.307. The first-order valence-electron chi connectivity index (χ1n) is 6.09. The van der Waals surface area contributed by atoms with E-state index in [4.69, 9.17) is 11.6 Å². The van der Waals surface area contributed by atoms with Gasteiger partial charge in [-0.05, 0) is 27.0 Å². The molecule has 0 saturated heterocycles. The molecular weight excluding hydrogens is 286 g/mol. The van der Waals surface area contributed by atoms with Crippen LogP contribution in [0.25, 0.3) is 0 Å². The first kappa shape index (κ1) is 16.3. The SMILES string of the molecule is CSC(CO)C(C)Nc1cnn(C(C)C)c(=O)c1Cl. The topological polar surface area (TPSA) is 67.2 Å². The number of hydrogen-bond acceptors (Lipinski definition) is 5. The number of aromatic nitrogens is 2. The van der Waals surface area contributed by atoms with Crippen LogP contribution in [0.3, 0.4) is 0 Å². The van der Waals surface area contributed by atoms with Gasteiger partial charge in [0.05, 0.1) is 24.5 Å². The third-order valence-electron chi connectivity index (χ3n) is 2.86. The molecule has 1 rings (SSSR count). The fraction of sp³-hybridized carbons (Fsp3) is 0.667. The molecule has 2 N–H and O–H groups in total. The maximum absolute atomic E-state index is 12.0. The van der Waals surface area contributed by atoms with Gasteiger partial charge in [0.1, 0.15) is 5.02 Å². The molecule has 7 heteroatoms. The van der Waals surface area contributed by atoms with Crippen LogP contribution in [0.15, 0.2) is 11.0 Å². The van der Waals surface area contributed by atoms with Gasteiger partial charge in [0.25, 0.3) is 5.56 Å². The minimum absolute atomic E-state index is 0.0198. The van der Waals surface area contributed by atoms with Crippen molar-refractivity contribution < 1.29 is 5.11 Å². The Kier molecular flexibility index (Phi) is 6.16. The van der Waals surface area contributed by atoms with Gasteiger partial charge >= 0.3 is 0 Å². The summed E-state index contributed by atoms with van der Waals surface area (Å²) in [6, 6.07) is -0.0542. The van der Waals surface area contributed by atoms with Crippen molar-refractivity contribution in [2.45, 2.75) is 38.1 Å². The predicted molar refractivity (Wildman–Crippen MR) is 81.4 cm³/mol. The number of aliphatic hydroxyl groups is 1. The molecule has 19 heavy (non-hydrogen) atoms. The monoisotopic (exact) mass is 305 g/mol. The van der Waals surface area contributed by atoms with Crippen LogP contribution < -0.4 is 10.9 Å². The van der Waals surface area contributed by atoms with Crippen molar-refractivity contribution in [3.05, 3.63) is 21.6 Å². The van der Waals surface area contributed by atoms with Crippen molar-refractivity contribution in [3.63, 3.8) is 0 Å². The van der Waals surface area contributed by atoms with E-state index >= 15 is 0 Å². The first-order chi connectivity index (χ1) is 8.92. The third-order valence-corrected chi connectivity index (χ3v) is 4.38. The first-order valence-corrected chi connectivity index (χ1v) is 7.76. The van der Waals surface area contributed by atoms with Crippen LogP contribution in [-0.2, 0) is 0 Å². The molecule has 1 aromatic heterocycles. The molecule has 108 valence electrons. The maximum atomic E-state index is 12.0. The van der Waals surface area contributed by atoms with Crippen molar-refractivity contribution in [1.29, 1.82) is 0 Å². The van der Waals surface area contributed by atoms with Crippen molar-refractivity contribution in [3.8, 4) is 0 Å². The third kappa shape index (κ3) is 3.87. The molecule has 0 radical (unpaired) electrons. The Hall–Kier alpha value is -0.720. The number of nitrogens with zero attached hydrogens (tertiary/aromatic N) is 2. The predicted octanol–water partition coefficient (Wildman–Crippen LogP) is 2.00. The van der Waals surface area contributed by atoms with Crippen molar-refractivity contribution in [2.24, 2.45) is 0 Å². The number of aliphatic hydroxyl groups excluding tert-OH is 1. The van der Waals surface area contributed by atoms with E-state index in [1.807, 2.05) is 27.0 Å². The van der Waals surface area contributed by atoms with Crippen LogP contribution in [0.4, 0.5) is 5.69 Å². The Morgan fingerprint density at radius 1 is 1.53 bits per heavy atom. The number of thioether (sulfide) groups is 1. The van der Waals surface area contributed by atoms with Crippen LogP contribution in [-0.4, -0.2) is 39.0 Å². The summed E-state index contributed by atoms with van der Waals surface area (Å²) < 4.78 is 1.34. The lowest BCUT2D eigenvalue weighted by atomic mass is 10.2. The van der Waals surface area contributed by atoms with E-state index < -0.39 is 0 Å². The Bertz CT molecular complexity index is 475. The highest BCUT2D eigenvalue weighted by Crippen LogP contribution is 2.20. The fourth-order valence-electron chi connectivity index (χ4n) is 1.69. The number of hydrogen-bond donors (Lipinski definition) is 2. The summed E-state index contributed by atoms with van der Waals surface area (Å²) in [7, 11) is 0. The van der Waals surface area contributed by atoms with Crippen molar-refractivity contribution in [2.75, 3.05) is 18.2 Å². The number of rotatable bonds is 6. The average molecular weight is 306 g/mol. The van der Waals surface area contributed by atoms with Crippen LogP contribution in [0.2, 0.25) is 5.02 Å². The molecule has 2 unspecified atom stereocenters. The summed E-state index contributed by atoms with van der Waals surface area (Å²) in [6.07, 6.45) is 3.48. The molecule has 0 aliphatic carbocycles. The molecule has 5 nitrogen and oxygen atoms in total. The Morgan fingerprint density at radius 3 is 2.63 bits per heavy atom. The van der Waals surface area contributed by atoms with E-state index in [-0.39, 0.29) is 34.5 Å². The largest absolute Gasteiger partial charge is 0.395 e. The van der Waals surface area contributed by atoms with Crippen LogP contribution in [0.1, 0.15) is 26.8 Å². The van der Waals surface area contributed by atoms with E-state index in [9.17, 15) is 9.90 Å². The molecule has 0 aliphatic rings. The molecule has 1 heterocycles. The van der Waals surface area contributed by atoms with E-state index in [0.29, 0.717) is 5.69 Å². The van der Waals surface area contributed by atoms with E-state index in [2.05, 4.69) is 10.4 Å². The van der Waals surface area contributed by atoms with Gasteiger partial charge < -0.3 is 10.4 Å². The molecule has 0 aromatic carbocycles. The molecule has 0 fully saturated rings. The summed E-state index contributed by atoms with van der Waals surface area (Å²) in [5.74, 6) is 0. The number of anilines is 1. The van der Waals surface area contributed by atoms with Gasteiger partial charge in [0.2, 0.25) is 0 Å². The van der Waals surface area contributed by atoms with Crippen molar-refractivity contribution >= 4 is 29.1 Å². The molecule has 1 aromatic rings. The zero-order valence-corrected chi connectivity index (χ0v) is 13.1. The normalized spacial score (nSPS) is 14.5. The molecule has 2 atom stereocenters. The number of nitrogens with one attached hydrogen (secondary N) is 1.